The molecular formula is C27H22N2O5. The van der Waals surface area contributed by atoms with Crippen LogP contribution in [-0.2, 0) is 15.2 Å². The van der Waals surface area contributed by atoms with Gasteiger partial charge in [0, 0.05) is 28.7 Å². The predicted octanol–water partition coefficient (Wildman–Crippen LogP) is 2.40. The van der Waals surface area contributed by atoms with Gasteiger partial charge in [0.25, 0.3) is 5.91 Å². The summed E-state index contributed by atoms with van der Waals surface area (Å²) >= 11 is 0. The monoisotopic (exact) mass is 454 g/mol. The van der Waals surface area contributed by atoms with Gasteiger partial charge in [-0.05, 0) is 41.8 Å². The summed E-state index contributed by atoms with van der Waals surface area (Å²) in [6.07, 6.45) is -0.390. The number of rotatable bonds is 6. The molecule has 0 aromatic heterocycles. The summed E-state index contributed by atoms with van der Waals surface area (Å²) in [5.74, 6) is 3.55. The van der Waals surface area contributed by atoms with Gasteiger partial charge in [-0.25, -0.2) is 0 Å². The first-order valence-electron chi connectivity index (χ1n) is 10.7. The van der Waals surface area contributed by atoms with Crippen molar-refractivity contribution in [1.82, 2.24) is 5.32 Å². The van der Waals surface area contributed by atoms with Crippen LogP contribution >= 0.6 is 0 Å². The summed E-state index contributed by atoms with van der Waals surface area (Å²) < 4.78 is 0. The minimum Gasteiger partial charge on any atom is -0.481 e. The largest absolute Gasteiger partial charge is 0.481 e. The number of fused-ring (bicyclic) bond motifs is 3. The number of primary amides is 1. The smallest absolute Gasteiger partial charge is 0.303 e. The Morgan fingerprint density at radius 1 is 0.912 bits per heavy atom. The van der Waals surface area contributed by atoms with Crippen LogP contribution in [0.5, 0.6) is 0 Å². The van der Waals surface area contributed by atoms with Crippen LogP contribution in [0.15, 0.2) is 72.8 Å². The molecule has 4 rings (SSSR count). The third kappa shape index (κ3) is 4.40. The van der Waals surface area contributed by atoms with E-state index in [-0.39, 0.29) is 18.4 Å². The second-order valence-electron chi connectivity index (χ2n) is 7.99. The van der Waals surface area contributed by atoms with Gasteiger partial charge in [0.2, 0.25) is 5.91 Å². The maximum Gasteiger partial charge on any atom is 0.303 e. The highest BCUT2D eigenvalue weighted by molar-refractivity contribution is 5.97. The molecule has 0 saturated carbocycles. The fourth-order valence-electron chi connectivity index (χ4n) is 4.01. The van der Waals surface area contributed by atoms with E-state index in [4.69, 9.17) is 10.8 Å². The second kappa shape index (κ2) is 9.22. The summed E-state index contributed by atoms with van der Waals surface area (Å²) in [7, 11) is 0. The quantitative estimate of drug-likeness (QED) is 0.425. The molecule has 1 atom stereocenters. The average molecular weight is 454 g/mol. The molecule has 0 aliphatic heterocycles. The van der Waals surface area contributed by atoms with Crippen LogP contribution in [0.1, 0.15) is 39.9 Å². The lowest BCUT2D eigenvalue weighted by atomic mass is 9.92. The van der Waals surface area contributed by atoms with Crippen molar-refractivity contribution in [1.29, 1.82) is 0 Å². The van der Waals surface area contributed by atoms with Gasteiger partial charge in [0.1, 0.15) is 6.04 Å². The Kier molecular flexibility index (Phi) is 6.17. The van der Waals surface area contributed by atoms with E-state index in [9.17, 15) is 19.5 Å². The third-order valence-corrected chi connectivity index (χ3v) is 5.75. The molecule has 0 bridgehead atoms. The lowest BCUT2D eigenvalue weighted by Crippen LogP contribution is -2.44. The van der Waals surface area contributed by atoms with Crippen molar-refractivity contribution >= 4 is 17.8 Å². The number of aliphatic hydroxyl groups is 1. The summed E-state index contributed by atoms with van der Waals surface area (Å²) in [6.45, 7) is 0. The summed E-state index contributed by atoms with van der Waals surface area (Å²) in [6, 6.07) is 20.4. The highest BCUT2D eigenvalue weighted by Gasteiger charge is 2.39. The molecule has 1 aliphatic rings. The first kappa shape index (κ1) is 22.8. The molecule has 0 spiro atoms. The van der Waals surface area contributed by atoms with E-state index in [1.165, 1.54) is 12.1 Å². The van der Waals surface area contributed by atoms with Crippen molar-refractivity contribution < 1.29 is 24.6 Å². The van der Waals surface area contributed by atoms with E-state index in [0.29, 0.717) is 5.56 Å². The number of hydrogen-bond donors (Lipinski definition) is 4. The van der Waals surface area contributed by atoms with Gasteiger partial charge >= 0.3 is 5.97 Å². The first-order chi connectivity index (χ1) is 16.3. The number of aliphatic carboxylic acids is 1. The average Bonchev–Trinajstić information content (AvgIpc) is 3.09. The molecule has 3 aromatic rings. The minimum atomic E-state index is -1.46. The topological polar surface area (TPSA) is 130 Å². The van der Waals surface area contributed by atoms with Crippen molar-refractivity contribution in [2.24, 2.45) is 5.73 Å². The molecule has 1 aliphatic carbocycles. The molecule has 5 N–H and O–H groups in total. The molecular weight excluding hydrogens is 432 g/mol. The van der Waals surface area contributed by atoms with Crippen molar-refractivity contribution in [3.8, 4) is 23.0 Å². The highest BCUT2D eigenvalue weighted by atomic mass is 16.4. The Morgan fingerprint density at radius 3 is 2.00 bits per heavy atom. The lowest BCUT2D eigenvalue weighted by molar-refractivity contribution is -0.137. The minimum absolute atomic E-state index is 0.0957. The molecule has 0 heterocycles. The molecule has 170 valence electrons. The van der Waals surface area contributed by atoms with Gasteiger partial charge in [-0.1, -0.05) is 60.4 Å². The number of nitrogens with two attached hydrogens (primary N) is 1. The Labute approximate surface area is 196 Å². The number of benzene rings is 3. The van der Waals surface area contributed by atoms with E-state index < -0.39 is 29.4 Å². The number of amides is 2. The fourth-order valence-corrected chi connectivity index (χ4v) is 4.01. The van der Waals surface area contributed by atoms with Crippen LogP contribution in [-0.4, -0.2) is 34.0 Å². The predicted molar refractivity (Wildman–Crippen MR) is 126 cm³/mol. The first-order valence-corrected chi connectivity index (χ1v) is 10.7. The van der Waals surface area contributed by atoms with Gasteiger partial charge in [-0.3, -0.25) is 14.4 Å². The number of nitrogens with one attached hydrogen (secondary N) is 1. The highest BCUT2D eigenvalue weighted by Crippen LogP contribution is 2.46. The van der Waals surface area contributed by atoms with Gasteiger partial charge in [0.05, 0.1) is 0 Å². The van der Waals surface area contributed by atoms with Crippen LogP contribution in [0.3, 0.4) is 0 Å². The van der Waals surface area contributed by atoms with Crippen molar-refractivity contribution in [2.45, 2.75) is 24.5 Å². The maximum atomic E-state index is 12.5. The Balaban J connectivity index is 1.54. The third-order valence-electron chi connectivity index (χ3n) is 5.75. The number of carbonyl (C=O) groups excluding carboxylic acids is 2. The molecule has 0 radical (unpaired) electrons. The normalized spacial score (nSPS) is 13.6. The SMILES string of the molecule is NC(=O)[C@H](CCC(=O)O)NC(=O)c1ccc(C#CC2(O)c3ccccc3-c3ccccc32)cc1. The molecule has 0 fully saturated rings. The Hall–Kier alpha value is -4.41. The van der Waals surface area contributed by atoms with E-state index in [1.807, 2.05) is 48.5 Å². The molecule has 3 aromatic carbocycles. The zero-order chi connectivity index (χ0) is 24.3. The molecule has 7 heteroatoms. The van der Waals surface area contributed by atoms with Crippen molar-refractivity contribution in [3.05, 3.63) is 95.1 Å². The Morgan fingerprint density at radius 2 is 1.47 bits per heavy atom. The van der Waals surface area contributed by atoms with E-state index in [1.54, 1.807) is 12.1 Å². The maximum absolute atomic E-state index is 12.5. The molecule has 7 nitrogen and oxygen atoms in total. The Bertz CT molecular complexity index is 1290. The van der Waals surface area contributed by atoms with Crippen LogP contribution < -0.4 is 11.1 Å². The number of carbonyl (C=O) groups is 3. The fraction of sp³-hybridized carbons (Fsp3) is 0.148. The molecule has 2 amide bonds. The van der Waals surface area contributed by atoms with E-state index >= 15 is 0 Å². The number of carboxylic acids is 1. The van der Waals surface area contributed by atoms with Gasteiger partial charge in [-0.15, -0.1) is 0 Å². The van der Waals surface area contributed by atoms with Crippen molar-refractivity contribution in [2.75, 3.05) is 0 Å². The zero-order valence-corrected chi connectivity index (χ0v) is 18.1. The van der Waals surface area contributed by atoms with E-state index in [0.717, 1.165) is 22.3 Å². The summed E-state index contributed by atoms with van der Waals surface area (Å²) in [5.41, 5.74) is 7.98. The van der Waals surface area contributed by atoms with Gasteiger partial charge < -0.3 is 21.3 Å². The zero-order valence-electron chi connectivity index (χ0n) is 18.1. The summed E-state index contributed by atoms with van der Waals surface area (Å²) in [4.78, 5) is 34.7. The number of carboxylic acid groups (broad SMARTS) is 1. The standard InChI is InChI=1S/C27H22N2O5/c28-25(32)23(13-14-24(30)31)29-26(33)18-11-9-17(10-12-18)15-16-27(34)21-7-3-1-5-19(21)20-6-2-4-8-22(20)27/h1-12,23,34H,13-14H2,(H2,28,32)(H,29,33)(H,30,31)/t23-/m0/s1. The molecule has 0 saturated heterocycles. The van der Waals surface area contributed by atoms with Crippen LogP contribution in [0.4, 0.5) is 0 Å². The lowest BCUT2D eigenvalue weighted by Gasteiger charge is -2.18. The van der Waals surface area contributed by atoms with Crippen LogP contribution in [0.2, 0.25) is 0 Å². The molecule has 34 heavy (non-hydrogen) atoms. The molecule has 0 unspecified atom stereocenters. The summed E-state index contributed by atoms with van der Waals surface area (Å²) in [5, 5.41) is 22.8. The van der Waals surface area contributed by atoms with Gasteiger partial charge in [-0.2, -0.15) is 0 Å². The van der Waals surface area contributed by atoms with Crippen molar-refractivity contribution in [3.63, 3.8) is 0 Å². The van der Waals surface area contributed by atoms with Crippen LogP contribution in [0.25, 0.3) is 11.1 Å². The van der Waals surface area contributed by atoms with Gasteiger partial charge in [0.15, 0.2) is 5.60 Å². The number of hydrogen-bond acceptors (Lipinski definition) is 4. The van der Waals surface area contributed by atoms with E-state index in [2.05, 4.69) is 17.2 Å². The van der Waals surface area contributed by atoms with Crippen LogP contribution in [0, 0.1) is 11.8 Å². The second-order valence-corrected chi connectivity index (χ2v) is 7.99.